The van der Waals surface area contributed by atoms with Crippen LogP contribution in [0.25, 0.3) is 21.8 Å². The van der Waals surface area contributed by atoms with Gasteiger partial charge in [-0.25, -0.2) is 13.8 Å². The van der Waals surface area contributed by atoms with Crippen molar-refractivity contribution in [1.29, 1.82) is 0 Å². The second kappa shape index (κ2) is 14.1. The van der Waals surface area contributed by atoms with E-state index in [1.54, 1.807) is 12.1 Å². The van der Waals surface area contributed by atoms with Crippen LogP contribution in [-0.4, -0.2) is 34.3 Å². The van der Waals surface area contributed by atoms with Gasteiger partial charge in [0.25, 0.3) is 0 Å². The molecule has 0 unspecified atom stereocenters. The van der Waals surface area contributed by atoms with Crippen LogP contribution in [0.15, 0.2) is 152 Å². The van der Waals surface area contributed by atoms with Gasteiger partial charge < -0.3 is 19.1 Å². The molecular formula is C45H37F2N7. The second-order valence-electron chi connectivity index (χ2n) is 13.7. The topological polar surface area (TPSA) is 80.1 Å². The molecule has 9 aromatic rings. The lowest BCUT2D eigenvalue weighted by Gasteiger charge is -2.37. The molecule has 0 spiro atoms. The monoisotopic (exact) mass is 713 g/mol. The fourth-order valence-electron chi connectivity index (χ4n) is 7.92. The molecule has 0 radical (unpaired) electrons. The maximum Gasteiger partial charge on any atom is 0.137 e. The molecule has 0 bridgehead atoms. The quantitative estimate of drug-likeness (QED) is 0.124. The smallest absolute Gasteiger partial charge is 0.137 e. The van der Waals surface area contributed by atoms with Crippen molar-refractivity contribution in [3.63, 3.8) is 0 Å². The van der Waals surface area contributed by atoms with Gasteiger partial charge in [-0.15, -0.1) is 10.2 Å². The molecule has 7 nitrogen and oxygen atoms in total. The first kappa shape index (κ1) is 33.2. The molecule has 0 fully saturated rings. The Bertz CT molecular complexity index is 2480. The van der Waals surface area contributed by atoms with E-state index in [9.17, 15) is 8.78 Å². The van der Waals surface area contributed by atoms with Crippen LogP contribution in [0.1, 0.15) is 51.6 Å². The Morgan fingerprint density at radius 2 is 1.07 bits per heavy atom. The summed E-state index contributed by atoms with van der Waals surface area (Å²) in [6, 6.07) is 41.4. The number of H-pyrrole nitrogens is 2. The molecule has 54 heavy (non-hydrogen) atoms. The summed E-state index contributed by atoms with van der Waals surface area (Å²) in [6.07, 6.45) is 10.6. The molecule has 0 aliphatic carbocycles. The van der Waals surface area contributed by atoms with Crippen LogP contribution in [0.4, 0.5) is 8.78 Å². The Morgan fingerprint density at radius 1 is 0.593 bits per heavy atom. The van der Waals surface area contributed by atoms with Crippen molar-refractivity contribution in [2.75, 3.05) is 0 Å². The number of benzene rings is 5. The fraction of sp³-hybridized carbons (Fsp3) is 0.133. The summed E-state index contributed by atoms with van der Waals surface area (Å²) in [5, 5.41) is 11.3. The number of halogens is 2. The van der Waals surface area contributed by atoms with Gasteiger partial charge in [0.2, 0.25) is 0 Å². The number of rotatable bonds is 12. The van der Waals surface area contributed by atoms with E-state index in [1.807, 2.05) is 36.9 Å². The predicted octanol–water partition coefficient (Wildman–Crippen LogP) is 9.37. The lowest BCUT2D eigenvalue weighted by atomic mass is 9.77. The van der Waals surface area contributed by atoms with E-state index in [2.05, 4.69) is 108 Å². The van der Waals surface area contributed by atoms with E-state index in [0.717, 1.165) is 79.8 Å². The standard InChI is InChI=1S/C45H37F2N7/c46-36-18-20-39-31(27-48-41(39)25-36)23-43-51-52-44(24-32-28-49-42-26-37(47)19-21-40(32)42)54(43)22-10-17-38-29-53(30-50-38)45(33-11-4-1-5-12-33,34-13-6-2-7-14-34)35-15-8-3-9-16-35/h1-9,11-16,18-21,25-30,48-49H,10,17,22-24H2. The van der Waals surface area contributed by atoms with E-state index in [-0.39, 0.29) is 11.6 Å². The second-order valence-corrected chi connectivity index (χ2v) is 13.7. The number of fused-ring (bicyclic) bond motifs is 2. The summed E-state index contributed by atoms with van der Waals surface area (Å²) in [5.74, 6) is 1.08. The molecule has 5 aromatic carbocycles. The molecule has 266 valence electrons. The Labute approximate surface area is 311 Å². The fourth-order valence-corrected chi connectivity index (χ4v) is 7.92. The van der Waals surface area contributed by atoms with E-state index in [4.69, 9.17) is 4.98 Å². The molecule has 4 heterocycles. The van der Waals surface area contributed by atoms with Gasteiger partial charge in [0, 0.05) is 59.8 Å². The molecule has 2 N–H and O–H groups in total. The minimum atomic E-state index is -0.631. The van der Waals surface area contributed by atoms with Crippen LogP contribution in [0.2, 0.25) is 0 Å². The molecule has 0 atom stereocenters. The third-order valence-electron chi connectivity index (χ3n) is 10.5. The van der Waals surface area contributed by atoms with Crippen LogP contribution in [0.5, 0.6) is 0 Å². The normalized spacial score (nSPS) is 11.9. The molecule has 9 rings (SSSR count). The van der Waals surface area contributed by atoms with Crippen LogP contribution >= 0.6 is 0 Å². The van der Waals surface area contributed by atoms with Crippen LogP contribution in [0, 0.1) is 11.6 Å². The number of imidazole rings is 1. The van der Waals surface area contributed by atoms with Gasteiger partial charge in [0.15, 0.2) is 0 Å². The molecule has 0 amide bonds. The first-order valence-electron chi connectivity index (χ1n) is 18.2. The number of hydrogen-bond donors (Lipinski definition) is 2. The maximum absolute atomic E-state index is 14.0. The minimum Gasteiger partial charge on any atom is -0.361 e. The summed E-state index contributed by atoms with van der Waals surface area (Å²) >= 11 is 0. The summed E-state index contributed by atoms with van der Waals surface area (Å²) in [4.78, 5) is 11.4. The highest BCUT2D eigenvalue weighted by molar-refractivity contribution is 5.84. The molecule has 0 saturated heterocycles. The first-order valence-corrected chi connectivity index (χ1v) is 18.2. The molecular weight excluding hydrogens is 677 g/mol. The summed E-state index contributed by atoms with van der Waals surface area (Å²) < 4.78 is 32.4. The number of nitrogens with zero attached hydrogens (tertiary/aromatic N) is 5. The lowest BCUT2D eigenvalue weighted by molar-refractivity contribution is 0.513. The van der Waals surface area contributed by atoms with Gasteiger partial charge in [0.05, 0.1) is 12.0 Å². The number of aromatic nitrogens is 7. The number of aryl methyl sites for hydroxylation is 1. The first-order chi connectivity index (χ1) is 26.6. The minimum absolute atomic E-state index is 0.282. The highest BCUT2D eigenvalue weighted by Gasteiger charge is 2.38. The average molecular weight is 714 g/mol. The molecule has 0 saturated carbocycles. The van der Waals surface area contributed by atoms with E-state index >= 15 is 0 Å². The van der Waals surface area contributed by atoms with Crippen molar-refractivity contribution in [2.45, 2.75) is 37.8 Å². The molecule has 4 aromatic heterocycles. The number of hydrogen-bond acceptors (Lipinski definition) is 3. The van der Waals surface area contributed by atoms with Gasteiger partial charge in [-0.2, -0.15) is 0 Å². The Kier molecular flexibility index (Phi) is 8.67. The highest BCUT2D eigenvalue weighted by Crippen LogP contribution is 2.41. The summed E-state index contributed by atoms with van der Waals surface area (Å²) in [7, 11) is 0. The Morgan fingerprint density at radius 3 is 1.56 bits per heavy atom. The number of nitrogens with one attached hydrogen (secondary N) is 2. The van der Waals surface area contributed by atoms with Gasteiger partial charge in [-0.1, -0.05) is 91.0 Å². The lowest BCUT2D eigenvalue weighted by Crippen LogP contribution is -2.36. The van der Waals surface area contributed by atoms with Crippen molar-refractivity contribution in [1.82, 2.24) is 34.3 Å². The van der Waals surface area contributed by atoms with E-state index < -0.39 is 5.54 Å². The number of aromatic amines is 2. The van der Waals surface area contributed by atoms with Crippen LogP contribution in [-0.2, 0) is 31.3 Å². The average Bonchev–Trinajstić information content (AvgIpc) is 4.01. The van der Waals surface area contributed by atoms with E-state index in [1.165, 1.54) is 24.3 Å². The largest absolute Gasteiger partial charge is 0.361 e. The summed E-state index contributed by atoms with van der Waals surface area (Å²) in [5.41, 5.74) is 7.31. The third kappa shape index (κ3) is 6.07. The molecule has 9 heteroatoms. The molecule has 0 aliphatic heterocycles. The van der Waals surface area contributed by atoms with Crippen molar-refractivity contribution in [2.24, 2.45) is 0 Å². The maximum atomic E-state index is 14.0. The van der Waals surface area contributed by atoms with Gasteiger partial charge in [-0.3, -0.25) is 0 Å². The van der Waals surface area contributed by atoms with Crippen LogP contribution in [0.3, 0.4) is 0 Å². The van der Waals surface area contributed by atoms with Crippen LogP contribution < -0.4 is 0 Å². The van der Waals surface area contributed by atoms with Crippen molar-refractivity contribution >= 4 is 21.8 Å². The zero-order chi connectivity index (χ0) is 36.5. The zero-order valence-electron chi connectivity index (χ0n) is 29.5. The third-order valence-corrected chi connectivity index (χ3v) is 10.5. The summed E-state index contributed by atoms with van der Waals surface area (Å²) in [6.45, 7) is 0.666. The van der Waals surface area contributed by atoms with E-state index in [0.29, 0.717) is 19.4 Å². The van der Waals surface area contributed by atoms with Gasteiger partial charge >= 0.3 is 0 Å². The SMILES string of the molecule is Fc1ccc2c(Cc3nnc(Cc4c[nH]c5cc(F)ccc45)n3CCCc3cn(C(c4ccccc4)(c4ccccc4)c4ccccc4)cn3)c[nH]c2c1. The van der Waals surface area contributed by atoms with Gasteiger partial charge in [-0.05, 0) is 77.1 Å². The van der Waals surface area contributed by atoms with Crippen molar-refractivity contribution < 1.29 is 8.78 Å². The van der Waals surface area contributed by atoms with Gasteiger partial charge in [0.1, 0.15) is 28.8 Å². The zero-order valence-corrected chi connectivity index (χ0v) is 29.5. The Balaban J connectivity index is 1.04. The van der Waals surface area contributed by atoms with Crippen molar-refractivity contribution in [3.05, 3.63) is 209 Å². The molecule has 0 aliphatic rings. The predicted molar refractivity (Wildman–Crippen MR) is 207 cm³/mol. The van der Waals surface area contributed by atoms with Crippen molar-refractivity contribution in [3.8, 4) is 0 Å². The highest BCUT2D eigenvalue weighted by atomic mass is 19.1. The Hall–Kier alpha value is -6.61.